The van der Waals surface area contributed by atoms with Crippen LogP contribution in [0, 0.1) is 10.1 Å². The number of hydrogen-bond acceptors (Lipinski definition) is 5. The molecule has 0 atom stereocenters. The van der Waals surface area contributed by atoms with Gasteiger partial charge in [-0.15, -0.1) is 0 Å². The topological polar surface area (TPSA) is 81.5 Å². The van der Waals surface area contributed by atoms with Gasteiger partial charge in [0, 0.05) is 10.5 Å². The van der Waals surface area contributed by atoms with Crippen molar-refractivity contribution in [3.05, 3.63) is 32.8 Å². The van der Waals surface area contributed by atoms with Gasteiger partial charge in [-0.3, -0.25) is 14.9 Å². The summed E-state index contributed by atoms with van der Waals surface area (Å²) in [5.74, 6) is -0.491. The van der Waals surface area contributed by atoms with Crippen molar-refractivity contribution < 1.29 is 14.5 Å². The second-order valence-corrected chi connectivity index (χ2v) is 3.76. The van der Waals surface area contributed by atoms with Crippen molar-refractivity contribution in [3.8, 4) is 0 Å². The van der Waals surface area contributed by atoms with Crippen LogP contribution in [-0.2, 0) is 9.53 Å². The number of benzene rings is 1. The second-order valence-electron chi connectivity index (χ2n) is 2.85. The Kier molecular flexibility index (Phi) is 4.24. The minimum Gasteiger partial charge on any atom is -0.468 e. The van der Waals surface area contributed by atoms with Crippen LogP contribution in [0.4, 0.5) is 11.4 Å². The molecule has 0 aliphatic carbocycles. The lowest BCUT2D eigenvalue weighted by molar-refractivity contribution is -0.384. The minimum atomic E-state index is -0.522. The van der Waals surface area contributed by atoms with Gasteiger partial charge in [0.05, 0.1) is 12.0 Å². The van der Waals surface area contributed by atoms with Crippen molar-refractivity contribution in [2.24, 2.45) is 0 Å². The summed E-state index contributed by atoms with van der Waals surface area (Å²) in [6, 6.07) is 4.44. The number of nitro benzene ring substituents is 1. The molecule has 1 aromatic carbocycles. The maximum absolute atomic E-state index is 10.9. The third kappa shape index (κ3) is 3.20. The van der Waals surface area contributed by atoms with E-state index in [1.54, 1.807) is 6.07 Å². The van der Waals surface area contributed by atoms with E-state index in [-0.39, 0.29) is 17.9 Å². The predicted molar refractivity (Wildman–Crippen MR) is 61.3 cm³/mol. The van der Waals surface area contributed by atoms with E-state index in [9.17, 15) is 14.9 Å². The van der Waals surface area contributed by atoms with Gasteiger partial charge >= 0.3 is 5.97 Å². The van der Waals surface area contributed by atoms with Crippen molar-refractivity contribution in [2.45, 2.75) is 0 Å². The number of methoxy groups -OCH3 is 1. The monoisotopic (exact) mass is 288 g/mol. The molecule has 1 aromatic rings. The Bertz CT molecular complexity index is 422. The normalized spacial score (nSPS) is 9.62. The molecule has 0 saturated heterocycles. The molecular formula is C9H9BrN2O4. The summed E-state index contributed by atoms with van der Waals surface area (Å²) in [7, 11) is 1.25. The van der Waals surface area contributed by atoms with Gasteiger partial charge in [0.25, 0.3) is 5.69 Å². The molecule has 0 aliphatic rings. The molecule has 0 spiro atoms. The van der Waals surface area contributed by atoms with Crippen LogP contribution in [-0.4, -0.2) is 24.5 Å². The molecule has 86 valence electrons. The Balaban J connectivity index is 2.88. The van der Waals surface area contributed by atoms with Gasteiger partial charge in [0.15, 0.2) is 0 Å². The van der Waals surface area contributed by atoms with Crippen LogP contribution >= 0.6 is 15.9 Å². The Morgan fingerprint density at radius 2 is 2.31 bits per heavy atom. The zero-order valence-electron chi connectivity index (χ0n) is 8.40. The molecule has 0 unspecified atom stereocenters. The van der Waals surface area contributed by atoms with E-state index in [1.807, 2.05) is 0 Å². The Hall–Kier alpha value is -1.63. The molecule has 0 saturated carbocycles. The van der Waals surface area contributed by atoms with E-state index < -0.39 is 10.9 Å². The Morgan fingerprint density at radius 3 is 2.88 bits per heavy atom. The van der Waals surface area contributed by atoms with Crippen molar-refractivity contribution in [2.75, 3.05) is 19.0 Å². The number of carbonyl (C=O) groups is 1. The highest BCUT2D eigenvalue weighted by atomic mass is 79.9. The summed E-state index contributed by atoms with van der Waals surface area (Å²) in [6.45, 7) is -0.117. The first-order valence-corrected chi connectivity index (χ1v) is 5.08. The smallest absolute Gasteiger partial charge is 0.325 e. The van der Waals surface area contributed by atoms with E-state index in [0.717, 1.165) is 0 Å². The van der Waals surface area contributed by atoms with E-state index in [2.05, 4.69) is 26.0 Å². The number of carbonyl (C=O) groups excluding carboxylic acids is 1. The summed E-state index contributed by atoms with van der Waals surface area (Å²) in [5.41, 5.74) is 0.178. The third-order valence-electron chi connectivity index (χ3n) is 1.81. The number of ether oxygens (including phenoxy) is 1. The molecule has 1 rings (SSSR count). The first-order chi connectivity index (χ1) is 7.54. The SMILES string of the molecule is COC(=O)CNc1cc(Br)ccc1[N+](=O)[O-]. The molecule has 0 fully saturated rings. The zero-order valence-corrected chi connectivity index (χ0v) is 9.98. The van der Waals surface area contributed by atoms with Crippen LogP contribution < -0.4 is 5.32 Å². The van der Waals surface area contributed by atoms with E-state index in [0.29, 0.717) is 4.47 Å². The van der Waals surface area contributed by atoms with Crippen LogP contribution in [0.1, 0.15) is 0 Å². The van der Waals surface area contributed by atoms with Gasteiger partial charge in [-0.2, -0.15) is 0 Å². The molecule has 6 nitrogen and oxygen atoms in total. The quantitative estimate of drug-likeness (QED) is 0.520. The minimum absolute atomic E-state index is 0.0906. The number of nitro groups is 1. The number of halogens is 1. The van der Waals surface area contributed by atoms with Crippen molar-refractivity contribution in [3.63, 3.8) is 0 Å². The van der Waals surface area contributed by atoms with E-state index in [1.165, 1.54) is 19.2 Å². The highest BCUT2D eigenvalue weighted by Gasteiger charge is 2.14. The van der Waals surface area contributed by atoms with Crippen LogP contribution in [0.3, 0.4) is 0 Å². The number of rotatable bonds is 4. The van der Waals surface area contributed by atoms with Crippen LogP contribution in [0.15, 0.2) is 22.7 Å². The first kappa shape index (κ1) is 12.4. The molecule has 0 radical (unpaired) electrons. The first-order valence-electron chi connectivity index (χ1n) is 4.29. The summed E-state index contributed by atoms with van der Waals surface area (Å²) >= 11 is 3.19. The van der Waals surface area contributed by atoms with E-state index in [4.69, 9.17) is 0 Å². The molecular weight excluding hydrogens is 280 g/mol. The molecule has 16 heavy (non-hydrogen) atoms. The average Bonchev–Trinajstić information content (AvgIpc) is 2.25. The van der Waals surface area contributed by atoms with Gasteiger partial charge in [-0.25, -0.2) is 0 Å². The van der Waals surface area contributed by atoms with Gasteiger partial charge in [0.2, 0.25) is 0 Å². The number of nitrogens with zero attached hydrogens (tertiary/aromatic N) is 1. The molecule has 0 aliphatic heterocycles. The number of nitrogens with one attached hydrogen (secondary N) is 1. The zero-order chi connectivity index (χ0) is 12.1. The van der Waals surface area contributed by atoms with Gasteiger partial charge < -0.3 is 10.1 Å². The number of anilines is 1. The van der Waals surface area contributed by atoms with E-state index >= 15 is 0 Å². The molecule has 0 aromatic heterocycles. The summed E-state index contributed by atoms with van der Waals surface area (Å²) in [5, 5.41) is 13.3. The lowest BCUT2D eigenvalue weighted by atomic mass is 10.2. The predicted octanol–water partition coefficient (Wildman–Crippen LogP) is 1.94. The van der Waals surface area contributed by atoms with Crippen molar-refractivity contribution in [1.29, 1.82) is 0 Å². The second kappa shape index (κ2) is 5.45. The summed E-state index contributed by atoms with van der Waals surface area (Å²) in [6.07, 6.45) is 0. The summed E-state index contributed by atoms with van der Waals surface area (Å²) in [4.78, 5) is 21.0. The lowest BCUT2D eigenvalue weighted by Crippen LogP contribution is -2.15. The number of esters is 1. The molecule has 0 amide bonds. The fraction of sp³-hybridized carbons (Fsp3) is 0.222. The average molecular weight is 289 g/mol. The fourth-order valence-corrected chi connectivity index (χ4v) is 1.41. The molecule has 7 heteroatoms. The summed E-state index contributed by atoms with van der Waals surface area (Å²) < 4.78 is 5.11. The van der Waals surface area contributed by atoms with Crippen LogP contribution in [0.5, 0.6) is 0 Å². The number of hydrogen-bond donors (Lipinski definition) is 1. The Morgan fingerprint density at radius 1 is 1.62 bits per heavy atom. The van der Waals surface area contributed by atoms with Crippen molar-refractivity contribution >= 4 is 33.3 Å². The van der Waals surface area contributed by atoms with Crippen LogP contribution in [0.2, 0.25) is 0 Å². The van der Waals surface area contributed by atoms with Gasteiger partial charge in [0.1, 0.15) is 12.2 Å². The molecule has 0 heterocycles. The van der Waals surface area contributed by atoms with Gasteiger partial charge in [-0.1, -0.05) is 15.9 Å². The maximum Gasteiger partial charge on any atom is 0.325 e. The standard InChI is InChI=1S/C9H9BrN2O4/c1-16-9(13)5-11-7-4-6(10)2-3-8(7)12(14)15/h2-4,11H,5H2,1H3. The van der Waals surface area contributed by atoms with Crippen molar-refractivity contribution in [1.82, 2.24) is 0 Å². The van der Waals surface area contributed by atoms with Crippen LogP contribution in [0.25, 0.3) is 0 Å². The third-order valence-corrected chi connectivity index (χ3v) is 2.30. The molecule has 1 N–H and O–H groups in total. The van der Waals surface area contributed by atoms with Gasteiger partial charge in [-0.05, 0) is 12.1 Å². The molecule has 0 bridgehead atoms. The Labute approximate surface area is 99.9 Å². The highest BCUT2D eigenvalue weighted by molar-refractivity contribution is 9.10. The largest absolute Gasteiger partial charge is 0.468 e. The lowest BCUT2D eigenvalue weighted by Gasteiger charge is -2.06. The maximum atomic E-state index is 10.9. The fourth-order valence-electron chi connectivity index (χ4n) is 1.05. The highest BCUT2D eigenvalue weighted by Crippen LogP contribution is 2.27.